The van der Waals surface area contributed by atoms with Crippen molar-refractivity contribution in [3.63, 3.8) is 0 Å². The molecule has 0 unspecified atom stereocenters. The van der Waals surface area contributed by atoms with Crippen LogP contribution in [0.5, 0.6) is 0 Å². The third-order valence-electron chi connectivity index (χ3n) is 4.21. The molecule has 0 spiro atoms. The largest absolute Gasteiger partial charge is 0.481 e. The van der Waals surface area contributed by atoms with E-state index in [-0.39, 0.29) is 19.4 Å². The Morgan fingerprint density at radius 3 is 2.63 bits per heavy atom. The van der Waals surface area contributed by atoms with Crippen molar-refractivity contribution in [1.29, 1.82) is 0 Å². The molecule has 0 radical (unpaired) electrons. The zero-order valence-electron chi connectivity index (χ0n) is 14.3. The molecule has 0 aliphatic rings. The van der Waals surface area contributed by atoms with E-state index >= 15 is 0 Å². The van der Waals surface area contributed by atoms with Crippen LogP contribution in [0.3, 0.4) is 0 Å². The number of benzene rings is 1. The van der Waals surface area contributed by atoms with Crippen LogP contribution < -0.4 is 11.2 Å². The van der Waals surface area contributed by atoms with Crippen LogP contribution in [0.15, 0.2) is 27.8 Å². The van der Waals surface area contributed by atoms with Crippen LogP contribution in [0.2, 0.25) is 10.0 Å². The second-order valence-corrected chi connectivity index (χ2v) is 7.89. The van der Waals surface area contributed by atoms with E-state index in [0.29, 0.717) is 26.7 Å². The Balaban J connectivity index is 2.23. The molecule has 0 aliphatic heterocycles. The van der Waals surface area contributed by atoms with Crippen LogP contribution in [-0.2, 0) is 17.8 Å². The fourth-order valence-electron chi connectivity index (χ4n) is 2.96. The highest BCUT2D eigenvalue weighted by Crippen LogP contribution is 2.38. The quantitative estimate of drug-likeness (QED) is 0.618. The first-order valence-electron chi connectivity index (χ1n) is 8.29. The Hall–Kier alpha value is -2.09. The maximum atomic E-state index is 13.0. The molecule has 2 aromatic heterocycles. The molecule has 142 valence electrons. The van der Waals surface area contributed by atoms with Crippen LogP contribution >= 0.6 is 34.5 Å². The predicted molar refractivity (Wildman–Crippen MR) is 108 cm³/mol. The van der Waals surface area contributed by atoms with Crippen LogP contribution in [0, 0.1) is 0 Å². The van der Waals surface area contributed by atoms with Gasteiger partial charge in [-0.3, -0.25) is 19.1 Å². The number of fused-ring (bicyclic) bond motifs is 1. The van der Waals surface area contributed by atoms with Crippen LogP contribution in [-0.4, -0.2) is 20.6 Å². The molecule has 0 saturated heterocycles. The summed E-state index contributed by atoms with van der Waals surface area (Å²) in [7, 11) is 0. The lowest BCUT2D eigenvalue weighted by molar-refractivity contribution is -0.137. The number of thiophene rings is 1. The minimum absolute atomic E-state index is 0.0362. The van der Waals surface area contributed by atoms with Gasteiger partial charge in [0, 0.05) is 23.4 Å². The van der Waals surface area contributed by atoms with Gasteiger partial charge in [-0.25, -0.2) is 4.79 Å². The number of hydrogen-bond donors (Lipinski definition) is 2. The average Bonchev–Trinajstić information content (AvgIpc) is 2.98. The van der Waals surface area contributed by atoms with Crippen molar-refractivity contribution in [2.24, 2.45) is 0 Å². The summed E-state index contributed by atoms with van der Waals surface area (Å²) in [5.74, 6) is -0.971. The summed E-state index contributed by atoms with van der Waals surface area (Å²) >= 11 is 13.5. The number of aliphatic carboxylic acids is 1. The molecule has 27 heavy (non-hydrogen) atoms. The summed E-state index contributed by atoms with van der Waals surface area (Å²) in [4.78, 5) is 40.3. The number of rotatable bonds is 6. The number of nitrogens with one attached hydrogen (secondary N) is 1. The molecule has 0 aliphatic carbocycles. The number of nitrogens with zero attached hydrogens (tertiary/aromatic N) is 1. The molecule has 1 aromatic carbocycles. The first-order valence-corrected chi connectivity index (χ1v) is 9.86. The summed E-state index contributed by atoms with van der Waals surface area (Å²) in [6, 6.07) is 5.15. The third kappa shape index (κ3) is 3.81. The molecule has 0 amide bonds. The van der Waals surface area contributed by atoms with Gasteiger partial charge < -0.3 is 5.11 Å². The Bertz CT molecular complexity index is 1150. The van der Waals surface area contributed by atoms with E-state index in [4.69, 9.17) is 28.3 Å². The summed E-state index contributed by atoms with van der Waals surface area (Å²) in [6.07, 6.45) is 0.750. The predicted octanol–water partition coefficient (Wildman–Crippen LogP) is 4.15. The number of carboxylic acid groups (broad SMARTS) is 1. The molecule has 0 saturated carbocycles. The van der Waals surface area contributed by atoms with Gasteiger partial charge in [0.1, 0.15) is 4.83 Å². The molecule has 0 bridgehead atoms. The summed E-state index contributed by atoms with van der Waals surface area (Å²) in [5.41, 5.74) is 0.497. The van der Waals surface area contributed by atoms with E-state index in [1.165, 1.54) is 11.3 Å². The fourth-order valence-corrected chi connectivity index (χ4v) is 4.40. The van der Waals surface area contributed by atoms with Crippen molar-refractivity contribution in [2.75, 3.05) is 0 Å². The summed E-state index contributed by atoms with van der Waals surface area (Å²) in [6.45, 7) is 2.00. The smallest absolute Gasteiger partial charge is 0.329 e. The van der Waals surface area contributed by atoms with Gasteiger partial charge >= 0.3 is 11.7 Å². The molecular formula is C18H16Cl2N2O4S. The van der Waals surface area contributed by atoms with Crippen LogP contribution in [0.25, 0.3) is 21.3 Å². The van der Waals surface area contributed by atoms with Crippen LogP contribution in [0.1, 0.15) is 24.6 Å². The van der Waals surface area contributed by atoms with Gasteiger partial charge in [-0.2, -0.15) is 0 Å². The van der Waals surface area contributed by atoms with Crippen molar-refractivity contribution >= 4 is 50.7 Å². The van der Waals surface area contributed by atoms with Gasteiger partial charge in [0.2, 0.25) is 0 Å². The van der Waals surface area contributed by atoms with Crippen molar-refractivity contribution < 1.29 is 9.90 Å². The highest BCUT2D eigenvalue weighted by atomic mass is 35.5. The molecular weight excluding hydrogens is 411 g/mol. The Labute approximate surface area is 168 Å². The van der Waals surface area contributed by atoms with Crippen molar-refractivity contribution in [3.8, 4) is 11.1 Å². The number of halogens is 2. The van der Waals surface area contributed by atoms with Gasteiger partial charge in [0.25, 0.3) is 5.56 Å². The van der Waals surface area contributed by atoms with Gasteiger partial charge in [-0.05, 0) is 30.5 Å². The van der Waals surface area contributed by atoms with Crippen molar-refractivity contribution in [1.82, 2.24) is 9.55 Å². The maximum absolute atomic E-state index is 13.0. The molecule has 3 aromatic rings. The zero-order valence-corrected chi connectivity index (χ0v) is 16.7. The summed E-state index contributed by atoms with van der Waals surface area (Å²) < 4.78 is 1.05. The molecule has 0 atom stereocenters. The third-order valence-corrected chi connectivity index (χ3v) is 6.20. The Morgan fingerprint density at radius 2 is 2.00 bits per heavy atom. The molecule has 0 fully saturated rings. The summed E-state index contributed by atoms with van der Waals surface area (Å²) in [5, 5.41) is 9.98. The zero-order chi connectivity index (χ0) is 19.7. The van der Waals surface area contributed by atoms with E-state index in [9.17, 15) is 14.4 Å². The second-order valence-electron chi connectivity index (χ2n) is 5.97. The molecule has 6 nitrogen and oxygen atoms in total. The number of aromatic nitrogens is 2. The minimum atomic E-state index is -0.971. The lowest BCUT2D eigenvalue weighted by Gasteiger charge is -2.07. The SMILES string of the molecule is CCc1sc2[nH]c(=O)n(CCCC(=O)O)c(=O)c2c1-c1ccc(Cl)c(Cl)c1. The van der Waals surface area contributed by atoms with E-state index < -0.39 is 17.2 Å². The van der Waals surface area contributed by atoms with Crippen molar-refractivity contribution in [3.05, 3.63) is 54.0 Å². The maximum Gasteiger partial charge on any atom is 0.329 e. The Morgan fingerprint density at radius 1 is 1.26 bits per heavy atom. The molecule has 3 rings (SSSR count). The lowest BCUT2D eigenvalue weighted by Crippen LogP contribution is -2.35. The second kappa shape index (κ2) is 7.88. The van der Waals surface area contributed by atoms with E-state index in [0.717, 1.165) is 20.6 Å². The molecule has 2 heterocycles. The first-order chi connectivity index (χ1) is 12.8. The first kappa shape index (κ1) is 19.7. The Kier molecular flexibility index (Phi) is 5.74. The number of carbonyl (C=O) groups is 1. The van der Waals surface area contributed by atoms with E-state index in [2.05, 4.69) is 4.98 Å². The van der Waals surface area contributed by atoms with Gasteiger partial charge in [0.05, 0.1) is 15.4 Å². The van der Waals surface area contributed by atoms with Crippen LogP contribution in [0.4, 0.5) is 0 Å². The number of hydrogen-bond acceptors (Lipinski definition) is 4. The van der Waals surface area contributed by atoms with E-state index in [1.54, 1.807) is 18.2 Å². The molecule has 2 N–H and O–H groups in total. The topological polar surface area (TPSA) is 92.2 Å². The number of aromatic amines is 1. The monoisotopic (exact) mass is 426 g/mol. The van der Waals surface area contributed by atoms with Gasteiger partial charge in [-0.15, -0.1) is 11.3 Å². The number of H-pyrrole nitrogens is 1. The van der Waals surface area contributed by atoms with Crippen molar-refractivity contribution in [2.45, 2.75) is 32.7 Å². The minimum Gasteiger partial charge on any atom is -0.481 e. The standard InChI is InChI=1S/C18H16Cl2N2O4S/c1-2-12-14(9-5-6-10(19)11(20)8-9)15-16(27-12)21-18(26)22(17(15)25)7-3-4-13(23)24/h5-6,8H,2-4,7H2,1H3,(H,21,26)(H,23,24). The normalized spacial score (nSPS) is 11.2. The lowest BCUT2D eigenvalue weighted by atomic mass is 10.0. The van der Waals surface area contributed by atoms with Gasteiger partial charge in [-0.1, -0.05) is 36.2 Å². The highest BCUT2D eigenvalue weighted by molar-refractivity contribution is 7.19. The number of carboxylic acids is 1. The highest BCUT2D eigenvalue weighted by Gasteiger charge is 2.20. The number of aryl methyl sites for hydroxylation is 1. The molecule has 9 heteroatoms. The van der Waals surface area contributed by atoms with E-state index in [1.807, 2.05) is 6.92 Å². The van der Waals surface area contributed by atoms with Gasteiger partial charge in [0.15, 0.2) is 0 Å². The average molecular weight is 427 g/mol. The fraction of sp³-hybridized carbons (Fsp3) is 0.278.